The number of hydrogen-bond acceptors (Lipinski definition) is 3. The quantitative estimate of drug-likeness (QED) is 0.451. The maximum Gasteiger partial charge on any atom is 0.254 e. The van der Waals surface area contributed by atoms with Crippen LogP contribution < -0.4 is 5.32 Å². The number of carbonyl (C=O) groups is 2. The second-order valence-electron chi connectivity index (χ2n) is 9.61. The molecule has 2 aliphatic rings. The van der Waals surface area contributed by atoms with Gasteiger partial charge in [-0.2, -0.15) is 0 Å². The van der Waals surface area contributed by atoms with Crippen molar-refractivity contribution in [1.82, 2.24) is 10.2 Å². The van der Waals surface area contributed by atoms with Crippen LogP contribution in [0, 0.1) is 0 Å². The van der Waals surface area contributed by atoms with Crippen LogP contribution in [-0.2, 0) is 11.2 Å². The smallest absolute Gasteiger partial charge is 0.254 e. The molecule has 2 aromatic carbocycles. The fraction of sp³-hybridized carbons (Fsp3) is 0.379. The molecule has 1 aromatic heterocycles. The van der Waals surface area contributed by atoms with E-state index in [4.69, 9.17) is 0 Å². The van der Waals surface area contributed by atoms with Gasteiger partial charge in [-0.15, -0.1) is 11.3 Å². The Morgan fingerprint density at radius 2 is 1.76 bits per heavy atom. The van der Waals surface area contributed by atoms with Gasteiger partial charge in [0.1, 0.15) is 0 Å². The Morgan fingerprint density at radius 3 is 2.50 bits per heavy atom. The summed E-state index contributed by atoms with van der Waals surface area (Å²) in [5, 5.41) is 5.35. The van der Waals surface area contributed by atoms with Gasteiger partial charge in [-0.25, -0.2) is 0 Å². The van der Waals surface area contributed by atoms with Crippen LogP contribution in [0.2, 0.25) is 0 Å². The van der Waals surface area contributed by atoms with Crippen molar-refractivity contribution in [3.63, 3.8) is 0 Å². The van der Waals surface area contributed by atoms with Gasteiger partial charge in [-0.1, -0.05) is 67.4 Å². The van der Waals surface area contributed by atoms with Gasteiger partial charge < -0.3 is 10.2 Å². The third-order valence-electron chi connectivity index (χ3n) is 7.31. The van der Waals surface area contributed by atoms with Gasteiger partial charge in [0.05, 0.1) is 12.0 Å². The highest BCUT2D eigenvalue weighted by Crippen LogP contribution is 2.47. The summed E-state index contributed by atoms with van der Waals surface area (Å²) in [7, 11) is 0. The second-order valence-corrected chi connectivity index (χ2v) is 10.6. The maximum atomic E-state index is 13.9. The summed E-state index contributed by atoms with van der Waals surface area (Å²) in [5.74, 6) is -0.323. The molecule has 0 saturated heterocycles. The minimum atomic E-state index is -0.410. The third-order valence-corrected chi connectivity index (χ3v) is 8.25. The summed E-state index contributed by atoms with van der Waals surface area (Å²) >= 11 is 1.64. The largest absolute Gasteiger partial charge is 0.353 e. The topological polar surface area (TPSA) is 49.4 Å². The summed E-state index contributed by atoms with van der Waals surface area (Å²) in [6.07, 6.45) is 6.10. The highest BCUT2D eigenvalue weighted by atomic mass is 32.1. The van der Waals surface area contributed by atoms with Crippen LogP contribution in [0.25, 0.3) is 0 Å². The zero-order chi connectivity index (χ0) is 23.5. The molecule has 5 rings (SSSR count). The summed E-state index contributed by atoms with van der Waals surface area (Å²) in [5.41, 5.74) is 2.81. The number of amides is 2. The van der Waals surface area contributed by atoms with E-state index in [1.54, 1.807) is 11.3 Å². The van der Waals surface area contributed by atoms with Gasteiger partial charge in [0.25, 0.3) is 5.91 Å². The van der Waals surface area contributed by atoms with Crippen LogP contribution >= 0.6 is 11.3 Å². The molecule has 1 N–H and O–H groups in total. The van der Waals surface area contributed by atoms with Crippen molar-refractivity contribution in [2.75, 3.05) is 0 Å². The number of carbonyl (C=O) groups excluding carboxylic acids is 2. The van der Waals surface area contributed by atoms with Crippen LogP contribution in [-0.4, -0.2) is 28.8 Å². The van der Waals surface area contributed by atoms with Crippen molar-refractivity contribution in [1.29, 1.82) is 0 Å². The van der Waals surface area contributed by atoms with Crippen molar-refractivity contribution in [2.45, 2.75) is 69.5 Å². The number of benzene rings is 2. The second kappa shape index (κ2) is 10.1. The Kier molecular flexibility index (Phi) is 6.82. The van der Waals surface area contributed by atoms with Gasteiger partial charge in [0.15, 0.2) is 0 Å². The molecule has 1 fully saturated rings. The van der Waals surface area contributed by atoms with E-state index in [0.717, 1.165) is 49.0 Å². The number of hydrogen-bond donors (Lipinski definition) is 1. The molecule has 1 aliphatic carbocycles. The average Bonchev–Trinajstić information content (AvgIpc) is 3.58. The highest BCUT2D eigenvalue weighted by Gasteiger charge is 2.47. The first kappa shape index (κ1) is 22.9. The van der Waals surface area contributed by atoms with Gasteiger partial charge in [-0.3, -0.25) is 9.59 Å². The Balaban J connectivity index is 1.45. The molecule has 4 nitrogen and oxygen atoms in total. The molecular weight excluding hydrogens is 440 g/mol. The number of fused-ring (bicyclic) bond motifs is 1. The summed E-state index contributed by atoms with van der Waals surface area (Å²) in [4.78, 5) is 30.8. The Bertz CT molecular complexity index is 1120. The number of nitrogens with one attached hydrogen (secondary N) is 1. The molecule has 0 radical (unpaired) electrons. The monoisotopic (exact) mass is 472 g/mol. The van der Waals surface area contributed by atoms with Crippen LogP contribution in [0.3, 0.4) is 0 Å². The van der Waals surface area contributed by atoms with Gasteiger partial charge in [-0.05, 0) is 61.2 Å². The van der Waals surface area contributed by atoms with E-state index in [0.29, 0.717) is 5.56 Å². The molecule has 34 heavy (non-hydrogen) atoms. The molecule has 0 unspecified atom stereocenters. The summed E-state index contributed by atoms with van der Waals surface area (Å²) in [6, 6.07) is 22.2. The van der Waals surface area contributed by atoms with E-state index >= 15 is 0 Å². The van der Waals surface area contributed by atoms with E-state index in [1.807, 2.05) is 41.8 Å². The van der Waals surface area contributed by atoms with E-state index in [1.165, 1.54) is 5.56 Å². The molecule has 1 aliphatic heterocycles. The number of aryl methyl sites for hydroxylation is 1. The third kappa shape index (κ3) is 4.54. The Hall–Kier alpha value is -2.92. The van der Waals surface area contributed by atoms with Gasteiger partial charge >= 0.3 is 0 Å². The lowest BCUT2D eigenvalue weighted by molar-refractivity contribution is -0.125. The zero-order valence-electron chi connectivity index (χ0n) is 19.7. The Labute approximate surface area is 206 Å². The molecule has 3 atom stereocenters. The first-order valence-corrected chi connectivity index (χ1v) is 13.3. The number of thiophene rings is 1. The maximum absolute atomic E-state index is 13.9. The van der Waals surface area contributed by atoms with Crippen LogP contribution in [0.5, 0.6) is 0 Å². The van der Waals surface area contributed by atoms with E-state index < -0.39 is 5.92 Å². The van der Waals surface area contributed by atoms with Crippen molar-refractivity contribution in [3.8, 4) is 0 Å². The first-order chi connectivity index (χ1) is 16.6. The van der Waals surface area contributed by atoms with Crippen molar-refractivity contribution >= 4 is 23.2 Å². The fourth-order valence-corrected chi connectivity index (χ4v) is 6.47. The standard InChI is InChI=1S/C29H32N2O2S/c1-20(17-18-21-10-3-2-4-11-21)30-28(32)26-23-14-7-8-15-24(23)29(33)31(22-12-5-6-13-22)27(26)25-16-9-19-34-25/h2-4,7-11,14-16,19-20,22,26-27H,5-6,12-13,17-18H2,1H3,(H,30,32)/t20-,26+,27+/m1/s1. The van der Waals surface area contributed by atoms with Crippen LogP contribution in [0.4, 0.5) is 0 Å². The highest BCUT2D eigenvalue weighted by molar-refractivity contribution is 7.10. The molecule has 0 bridgehead atoms. The van der Waals surface area contributed by atoms with Gasteiger partial charge in [0, 0.05) is 22.5 Å². The van der Waals surface area contributed by atoms with Crippen molar-refractivity contribution in [3.05, 3.63) is 93.7 Å². The van der Waals surface area contributed by atoms with Crippen molar-refractivity contribution < 1.29 is 9.59 Å². The lowest BCUT2D eigenvalue weighted by atomic mass is 9.80. The molecule has 1 saturated carbocycles. The molecule has 176 valence electrons. The minimum Gasteiger partial charge on any atom is -0.353 e. The van der Waals surface area contributed by atoms with Crippen LogP contribution in [0.15, 0.2) is 72.1 Å². The van der Waals surface area contributed by atoms with E-state index in [-0.39, 0.29) is 29.9 Å². The van der Waals surface area contributed by atoms with Gasteiger partial charge in [0.2, 0.25) is 5.91 Å². The molecule has 5 heteroatoms. The molecule has 2 amide bonds. The average molecular weight is 473 g/mol. The number of rotatable bonds is 7. The molecule has 2 heterocycles. The lowest BCUT2D eigenvalue weighted by Crippen LogP contribution is -2.51. The molecule has 3 aromatic rings. The first-order valence-electron chi connectivity index (χ1n) is 12.4. The van der Waals surface area contributed by atoms with Crippen LogP contribution in [0.1, 0.15) is 77.3 Å². The normalized spacial score (nSPS) is 21.3. The zero-order valence-corrected chi connectivity index (χ0v) is 20.5. The Morgan fingerprint density at radius 1 is 1.03 bits per heavy atom. The predicted molar refractivity (Wildman–Crippen MR) is 137 cm³/mol. The van der Waals surface area contributed by atoms with E-state index in [2.05, 4.69) is 47.5 Å². The summed E-state index contributed by atoms with van der Waals surface area (Å²) in [6.45, 7) is 2.08. The fourth-order valence-electron chi connectivity index (χ4n) is 5.61. The van der Waals surface area contributed by atoms with E-state index in [9.17, 15) is 9.59 Å². The van der Waals surface area contributed by atoms with Crippen molar-refractivity contribution in [2.24, 2.45) is 0 Å². The SMILES string of the molecule is C[C@H](CCc1ccccc1)NC(=O)[C@H]1c2ccccc2C(=O)N(C2CCCC2)[C@H]1c1cccs1. The predicted octanol–water partition coefficient (Wildman–Crippen LogP) is 6.11. The lowest BCUT2D eigenvalue weighted by Gasteiger charge is -2.44. The molecular formula is C29H32N2O2S. The minimum absolute atomic E-state index is 0.0157. The summed E-state index contributed by atoms with van der Waals surface area (Å²) < 4.78 is 0. The molecule has 0 spiro atoms. The number of nitrogens with zero attached hydrogens (tertiary/aromatic N) is 1.